The number of aliphatic imine (C=N–C) groups is 1. The first-order chi connectivity index (χ1) is 7.70. The van der Waals surface area contributed by atoms with Gasteiger partial charge in [-0.3, -0.25) is 14.7 Å². The van der Waals surface area contributed by atoms with E-state index in [1.807, 2.05) is 0 Å². The van der Waals surface area contributed by atoms with Crippen LogP contribution in [0.2, 0.25) is 0 Å². The highest BCUT2D eigenvalue weighted by molar-refractivity contribution is 5.89. The molecule has 2 rings (SSSR count). The minimum atomic E-state index is -0.00651. The molecule has 0 aromatic carbocycles. The molecule has 0 bridgehead atoms. The van der Waals surface area contributed by atoms with Crippen LogP contribution in [-0.2, 0) is 4.79 Å². The van der Waals surface area contributed by atoms with Crippen molar-refractivity contribution in [2.45, 2.75) is 26.2 Å². The van der Waals surface area contributed by atoms with Crippen molar-refractivity contribution >= 4 is 12.1 Å². The monoisotopic (exact) mass is 219 g/mol. The maximum absolute atomic E-state index is 11.6. The zero-order valence-corrected chi connectivity index (χ0v) is 9.65. The molecule has 0 aliphatic carbocycles. The molecule has 1 fully saturated rings. The molecule has 1 amide bonds. The van der Waals surface area contributed by atoms with E-state index >= 15 is 0 Å². The van der Waals surface area contributed by atoms with Gasteiger partial charge in [0.25, 0.3) is 0 Å². The second-order valence-electron chi connectivity index (χ2n) is 4.16. The van der Waals surface area contributed by atoms with Crippen LogP contribution < -0.4 is 0 Å². The number of rotatable bonds is 1. The number of allylic oxidation sites excluding steroid dienone is 1. The Morgan fingerprint density at radius 2 is 2.06 bits per heavy atom. The summed E-state index contributed by atoms with van der Waals surface area (Å²) in [5.41, 5.74) is 0.649. The van der Waals surface area contributed by atoms with Crippen LogP contribution in [0.15, 0.2) is 29.3 Å². The summed E-state index contributed by atoms with van der Waals surface area (Å²) in [5, 5.41) is 0. The van der Waals surface area contributed by atoms with Crippen molar-refractivity contribution in [3.8, 4) is 0 Å². The number of hydrogen-bond acceptors (Lipinski definition) is 3. The van der Waals surface area contributed by atoms with Crippen LogP contribution >= 0.6 is 0 Å². The molecular formula is C12H17N3O. The van der Waals surface area contributed by atoms with Gasteiger partial charge in [-0.25, -0.2) is 0 Å². The Labute approximate surface area is 95.9 Å². The van der Waals surface area contributed by atoms with Gasteiger partial charge in [-0.2, -0.15) is 0 Å². The average molecular weight is 219 g/mol. The molecule has 4 nitrogen and oxygen atoms in total. The Morgan fingerprint density at radius 1 is 1.38 bits per heavy atom. The lowest BCUT2D eigenvalue weighted by atomic mass is 10.1. The van der Waals surface area contributed by atoms with Crippen LogP contribution in [-0.4, -0.2) is 35.0 Å². The van der Waals surface area contributed by atoms with E-state index in [2.05, 4.69) is 16.5 Å². The highest BCUT2D eigenvalue weighted by atomic mass is 16.2. The molecule has 0 spiro atoms. The summed E-state index contributed by atoms with van der Waals surface area (Å²) in [6, 6.07) is 0. The predicted molar refractivity (Wildman–Crippen MR) is 63.7 cm³/mol. The first-order valence-corrected chi connectivity index (χ1v) is 5.68. The van der Waals surface area contributed by atoms with E-state index < -0.39 is 0 Å². The van der Waals surface area contributed by atoms with Crippen LogP contribution in [0.4, 0.5) is 0 Å². The summed E-state index contributed by atoms with van der Waals surface area (Å²) in [5.74, 6) is 0.868. The van der Waals surface area contributed by atoms with Crippen molar-refractivity contribution in [2.24, 2.45) is 4.99 Å². The van der Waals surface area contributed by atoms with Crippen LogP contribution in [0, 0.1) is 0 Å². The van der Waals surface area contributed by atoms with E-state index in [1.165, 1.54) is 19.3 Å². The third kappa shape index (κ3) is 2.01. The second-order valence-corrected chi connectivity index (χ2v) is 4.16. The van der Waals surface area contributed by atoms with Gasteiger partial charge in [0.05, 0.1) is 18.1 Å². The first-order valence-electron chi connectivity index (χ1n) is 5.68. The number of amides is 1. The molecule has 2 aliphatic heterocycles. The number of likely N-dealkylation sites (tertiary alicyclic amines) is 1. The molecule has 1 saturated heterocycles. The van der Waals surface area contributed by atoms with Gasteiger partial charge < -0.3 is 4.90 Å². The number of carbonyl (C=O) groups is 1. The van der Waals surface area contributed by atoms with E-state index in [0.717, 1.165) is 18.9 Å². The van der Waals surface area contributed by atoms with Crippen LogP contribution in [0.25, 0.3) is 0 Å². The van der Waals surface area contributed by atoms with Crippen molar-refractivity contribution in [3.63, 3.8) is 0 Å². The summed E-state index contributed by atoms with van der Waals surface area (Å²) in [6.07, 6.45) is 7.00. The molecule has 2 heterocycles. The van der Waals surface area contributed by atoms with Crippen LogP contribution in [0.3, 0.4) is 0 Å². The topological polar surface area (TPSA) is 35.9 Å². The summed E-state index contributed by atoms with van der Waals surface area (Å²) in [6.45, 7) is 7.40. The number of nitrogens with zero attached hydrogens (tertiary/aromatic N) is 3. The summed E-state index contributed by atoms with van der Waals surface area (Å²) in [7, 11) is 0. The average Bonchev–Trinajstić information content (AvgIpc) is 2.29. The van der Waals surface area contributed by atoms with Crippen molar-refractivity contribution in [2.75, 3.05) is 13.1 Å². The molecule has 0 radical (unpaired) electrons. The van der Waals surface area contributed by atoms with E-state index in [-0.39, 0.29) is 5.91 Å². The maximum Gasteiger partial charge on any atom is 0.229 e. The Hall–Kier alpha value is -1.58. The summed E-state index contributed by atoms with van der Waals surface area (Å²) in [4.78, 5) is 19.6. The zero-order valence-electron chi connectivity index (χ0n) is 9.65. The second kappa shape index (κ2) is 4.51. The third-order valence-corrected chi connectivity index (χ3v) is 2.92. The fourth-order valence-corrected chi connectivity index (χ4v) is 2.16. The molecule has 16 heavy (non-hydrogen) atoms. The highest BCUT2D eigenvalue weighted by Gasteiger charge is 2.24. The van der Waals surface area contributed by atoms with Gasteiger partial charge in [0.2, 0.25) is 5.91 Å². The summed E-state index contributed by atoms with van der Waals surface area (Å²) >= 11 is 0. The van der Waals surface area contributed by atoms with Crippen LogP contribution in [0.1, 0.15) is 26.2 Å². The minimum Gasteiger partial charge on any atom is -0.356 e. The largest absolute Gasteiger partial charge is 0.356 e. The van der Waals surface area contributed by atoms with Gasteiger partial charge >= 0.3 is 0 Å². The van der Waals surface area contributed by atoms with Gasteiger partial charge in [0.15, 0.2) is 0 Å². The lowest BCUT2D eigenvalue weighted by molar-refractivity contribution is -0.126. The third-order valence-electron chi connectivity index (χ3n) is 2.92. The molecule has 2 aliphatic rings. The lowest BCUT2D eigenvalue weighted by Gasteiger charge is -2.37. The van der Waals surface area contributed by atoms with E-state index in [4.69, 9.17) is 0 Å². The van der Waals surface area contributed by atoms with E-state index in [1.54, 1.807) is 24.2 Å². The first kappa shape index (κ1) is 10.9. The Morgan fingerprint density at radius 3 is 2.69 bits per heavy atom. The van der Waals surface area contributed by atoms with Crippen molar-refractivity contribution in [3.05, 3.63) is 24.3 Å². The van der Waals surface area contributed by atoms with Gasteiger partial charge in [-0.1, -0.05) is 6.58 Å². The van der Waals surface area contributed by atoms with E-state index in [9.17, 15) is 4.79 Å². The lowest BCUT2D eigenvalue weighted by Crippen LogP contribution is -2.41. The molecule has 0 aromatic heterocycles. The van der Waals surface area contributed by atoms with Crippen molar-refractivity contribution in [1.29, 1.82) is 0 Å². The van der Waals surface area contributed by atoms with Gasteiger partial charge in [0.1, 0.15) is 5.82 Å². The van der Waals surface area contributed by atoms with E-state index in [0.29, 0.717) is 5.70 Å². The molecule has 0 aromatic rings. The summed E-state index contributed by atoms with van der Waals surface area (Å²) < 4.78 is 0. The number of piperidine rings is 1. The molecular weight excluding hydrogens is 202 g/mol. The molecule has 0 atom stereocenters. The fourth-order valence-electron chi connectivity index (χ4n) is 2.16. The van der Waals surface area contributed by atoms with Crippen molar-refractivity contribution < 1.29 is 4.79 Å². The number of carbonyl (C=O) groups excluding carboxylic acids is 1. The fraction of sp³-hybridized carbons (Fsp3) is 0.500. The highest BCUT2D eigenvalue weighted by Crippen LogP contribution is 2.22. The molecule has 0 saturated carbocycles. The van der Waals surface area contributed by atoms with Gasteiger partial charge in [-0.05, 0) is 19.3 Å². The normalized spacial score (nSPS) is 21.1. The molecule has 4 heteroatoms. The zero-order chi connectivity index (χ0) is 11.5. The number of hydrogen-bond donors (Lipinski definition) is 0. The maximum atomic E-state index is 11.6. The Kier molecular flexibility index (Phi) is 3.08. The standard InChI is InChI=1S/C12H17N3O/c1-10-8-13-9-12(15(10)11(2)16)14-6-4-3-5-7-14/h8-9H,1,3-7H2,2H3. The molecule has 86 valence electrons. The Balaban J connectivity index is 2.22. The quantitative estimate of drug-likeness (QED) is 0.673. The predicted octanol–water partition coefficient (Wildman–Crippen LogP) is 1.72. The molecule has 0 unspecified atom stereocenters. The van der Waals surface area contributed by atoms with Crippen molar-refractivity contribution in [1.82, 2.24) is 9.80 Å². The molecule has 0 N–H and O–H groups in total. The smallest absolute Gasteiger partial charge is 0.229 e. The van der Waals surface area contributed by atoms with Gasteiger partial charge in [0, 0.05) is 20.0 Å². The van der Waals surface area contributed by atoms with Crippen LogP contribution in [0.5, 0.6) is 0 Å². The van der Waals surface area contributed by atoms with Gasteiger partial charge in [-0.15, -0.1) is 0 Å². The Bertz CT molecular complexity index is 364. The SMILES string of the molecule is C=C1C=NC=C(N2CCCCC2)N1C(C)=O. The minimum absolute atomic E-state index is 0.00651.